The minimum atomic E-state index is -2.76. The molecule has 0 radical (unpaired) electrons. The molecule has 1 fully saturated rings. The quantitative estimate of drug-likeness (QED) is 0.869. The Balaban J connectivity index is 2.03. The maximum atomic E-state index is 12.2. The van der Waals surface area contributed by atoms with Crippen molar-refractivity contribution >= 4 is 0 Å². The molecular weight excluding hydrogens is 226 g/mol. The van der Waals surface area contributed by atoms with Crippen LogP contribution in [0.5, 0.6) is 5.75 Å². The van der Waals surface area contributed by atoms with Gasteiger partial charge in [0.2, 0.25) is 0 Å². The van der Waals surface area contributed by atoms with E-state index in [1.165, 1.54) is 0 Å². The zero-order valence-corrected chi connectivity index (χ0v) is 9.53. The number of nitrogens with one attached hydrogen (secondary N) is 1. The lowest BCUT2D eigenvalue weighted by atomic mass is 10.2. The van der Waals surface area contributed by atoms with Gasteiger partial charge in [-0.05, 0) is 6.07 Å². The van der Waals surface area contributed by atoms with Crippen molar-refractivity contribution < 1.29 is 13.5 Å². The highest BCUT2D eigenvalue weighted by atomic mass is 19.3. The second kappa shape index (κ2) is 5.93. The first-order valence-electron chi connectivity index (χ1n) is 5.71. The molecule has 0 aromatic heterocycles. The molecule has 1 saturated heterocycles. The van der Waals surface area contributed by atoms with Gasteiger partial charge in [0.1, 0.15) is 5.75 Å². The van der Waals surface area contributed by atoms with Gasteiger partial charge in [0.15, 0.2) is 0 Å². The molecule has 17 heavy (non-hydrogen) atoms. The van der Waals surface area contributed by atoms with Crippen LogP contribution in [0.2, 0.25) is 0 Å². The van der Waals surface area contributed by atoms with E-state index in [0.29, 0.717) is 6.54 Å². The largest absolute Gasteiger partial charge is 0.434 e. The van der Waals surface area contributed by atoms with Crippen LogP contribution in [0, 0.1) is 0 Å². The lowest BCUT2D eigenvalue weighted by Crippen LogP contribution is -2.42. The molecule has 0 aliphatic carbocycles. The molecule has 1 N–H and O–H groups in total. The molecule has 94 valence electrons. The summed E-state index contributed by atoms with van der Waals surface area (Å²) in [5.74, 6) is 0.279. The normalized spacial score (nSPS) is 17.4. The number of hydrogen-bond acceptors (Lipinski definition) is 3. The fourth-order valence-corrected chi connectivity index (χ4v) is 1.96. The Morgan fingerprint density at radius 3 is 2.65 bits per heavy atom. The van der Waals surface area contributed by atoms with Gasteiger partial charge in [0.25, 0.3) is 0 Å². The van der Waals surface area contributed by atoms with E-state index in [-0.39, 0.29) is 5.75 Å². The molecule has 1 aromatic carbocycles. The molecule has 1 aliphatic rings. The van der Waals surface area contributed by atoms with Gasteiger partial charge in [-0.25, -0.2) is 0 Å². The molecule has 0 saturated carbocycles. The molecule has 0 bridgehead atoms. The van der Waals surface area contributed by atoms with Gasteiger partial charge in [-0.15, -0.1) is 0 Å². The zero-order chi connectivity index (χ0) is 12.1. The predicted molar refractivity (Wildman–Crippen MR) is 61.2 cm³/mol. The molecule has 1 heterocycles. The van der Waals surface area contributed by atoms with Crippen LogP contribution < -0.4 is 10.1 Å². The lowest BCUT2D eigenvalue weighted by Gasteiger charge is -2.27. The van der Waals surface area contributed by atoms with Crippen molar-refractivity contribution in [3.05, 3.63) is 29.8 Å². The number of nitrogens with zero attached hydrogens (tertiary/aromatic N) is 1. The molecule has 5 heteroatoms. The first-order valence-corrected chi connectivity index (χ1v) is 5.71. The maximum Gasteiger partial charge on any atom is 0.387 e. The fourth-order valence-electron chi connectivity index (χ4n) is 1.96. The fraction of sp³-hybridized carbons (Fsp3) is 0.500. The van der Waals surface area contributed by atoms with Crippen LogP contribution in [0.4, 0.5) is 8.78 Å². The van der Waals surface area contributed by atoms with Gasteiger partial charge in [-0.3, -0.25) is 4.90 Å². The second-order valence-corrected chi connectivity index (χ2v) is 4.01. The zero-order valence-electron chi connectivity index (χ0n) is 9.53. The topological polar surface area (TPSA) is 24.5 Å². The Labute approximate surface area is 99.4 Å². The molecule has 1 aliphatic heterocycles. The van der Waals surface area contributed by atoms with E-state index in [2.05, 4.69) is 15.0 Å². The third-order valence-corrected chi connectivity index (χ3v) is 2.79. The van der Waals surface area contributed by atoms with E-state index < -0.39 is 6.61 Å². The number of rotatable bonds is 4. The predicted octanol–water partition coefficient (Wildman–Crippen LogP) is 1.69. The molecule has 3 nitrogen and oxygen atoms in total. The summed E-state index contributed by atoms with van der Waals surface area (Å²) in [4.78, 5) is 2.23. The van der Waals surface area contributed by atoms with Crippen LogP contribution in [0.1, 0.15) is 5.56 Å². The summed E-state index contributed by atoms with van der Waals surface area (Å²) < 4.78 is 29.0. The highest BCUT2D eigenvalue weighted by molar-refractivity contribution is 5.33. The number of piperazine rings is 1. The third kappa shape index (κ3) is 3.64. The molecule has 0 amide bonds. The SMILES string of the molecule is FC(F)Oc1ccccc1CN1CCNCC1. The van der Waals surface area contributed by atoms with E-state index in [1.54, 1.807) is 12.1 Å². The smallest absolute Gasteiger partial charge is 0.387 e. The maximum absolute atomic E-state index is 12.2. The minimum Gasteiger partial charge on any atom is -0.434 e. The van der Waals surface area contributed by atoms with Crippen molar-refractivity contribution in [3.8, 4) is 5.75 Å². The Morgan fingerprint density at radius 1 is 1.24 bits per heavy atom. The number of halogens is 2. The number of benzene rings is 1. The molecule has 2 rings (SSSR count). The summed E-state index contributed by atoms with van der Waals surface area (Å²) in [6.07, 6.45) is 0. The highest BCUT2D eigenvalue weighted by Crippen LogP contribution is 2.21. The van der Waals surface area contributed by atoms with E-state index in [1.807, 2.05) is 12.1 Å². The summed E-state index contributed by atoms with van der Waals surface area (Å²) >= 11 is 0. The van der Waals surface area contributed by atoms with Crippen LogP contribution >= 0.6 is 0 Å². The van der Waals surface area contributed by atoms with Crippen LogP contribution in [0.15, 0.2) is 24.3 Å². The Hall–Kier alpha value is -1.20. The van der Waals surface area contributed by atoms with Crippen molar-refractivity contribution in [1.29, 1.82) is 0 Å². The number of alkyl halides is 2. The third-order valence-electron chi connectivity index (χ3n) is 2.79. The van der Waals surface area contributed by atoms with Gasteiger partial charge in [-0.1, -0.05) is 18.2 Å². The number of para-hydroxylation sites is 1. The van der Waals surface area contributed by atoms with Gasteiger partial charge in [0.05, 0.1) is 0 Å². The molecule has 0 spiro atoms. The summed E-state index contributed by atoms with van der Waals surface area (Å²) in [5.41, 5.74) is 0.815. The minimum absolute atomic E-state index is 0.279. The van der Waals surface area contributed by atoms with Gasteiger partial charge < -0.3 is 10.1 Å². The van der Waals surface area contributed by atoms with Crippen LogP contribution in [0.25, 0.3) is 0 Å². The van der Waals surface area contributed by atoms with Crippen molar-refractivity contribution in [2.24, 2.45) is 0 Å². The van der Waals surface area contributed by atoms with Crippen molar-refractivity contribution in [1.82, 2.24) is 10.2 Å². The van der Waals surface area contributed by atoms with Crippen molar-refractivity contribution in [2.45, 2.75) is 13.2 Å². The Kier molecular flexibility index (Phi) is 4.28. The van der Waals surface area contributed by atoms with Crippen LogP contribution in [0.3, 0.4) is 0 Å². The van der Waals surface area contributed by atoms with Crippen molar-refractivity contribution in [3.63, 3.8) is 0 Å². The number of ether oxygens (including phenoxy) is 1. The molecular formula is C12H16F2N2O. The Bertz CT molecular complexity index is 354. The lowest BCUT2D eigenvalue weighted by molar-refractivity contribution is -0.0508. The summed E-state index contributed by atoms with van der Waals surface area (Å²) in [6.45, 7) is 1.64. The molecule has 0 unspecified atom stereocenters. The second-order valence-electron chi connectivity index (χ2n) is 4.01. The first kappa shape index (κ1) is 12.3. The van der Waals surface area contributed by atoms with Gasteiger partial charge in [0, 0.05) is 38.3 Å². The monoisotopic (exact) mass is 242 g/mol. The highest BCUT2D eigenvalue weighted by Gasteiger charge is 2.14. The Morgan fingerprint density at radius 2 is 1.94 bits per heavy atom. The average molecular weight is 242 g/mol. The summed E-state index contributed by atoms with van der Waals surface area (Å²) in [7, 11) is 0. The van der Waals surface area contributed by atoms with E-state index in [4.69, 9.17) is 0 Å². The molecule has 1 aromatic rings. The molecule has 0 atom stereocenters. The van der Waals surface area contributed by atoms with Gasteiger partial charge >= 0.3 is 6.61 Å². The van der Waals surface area contributed by atoms with Crippen LogP contribution in [-0.4, -0.2) is 37.7 Å². The van der Waals surface area contributed by atoms with Gasteiger partial charge in [-0.2, -0.15) is 8.78 Å². The van der Waals surface area contributed by atoms with E-state index >= 15 is 0 Å². The van der Waals surface area contributed by atoms with E-state index in [9.17, 15) is 8.78 Å². The summed E-state index contributed by atoms with van der Waals surface area (Å²) in [5, 5.41) is 3.25. The summed E-state index contributed by atoms with van der Waals surface area (Å²) in [6, 6.07) is 6.97. The van der Waals surface area contributed by atoms with Crippen LogP contribution in [-0.2, 0) is 6.54 Å². The average Bonchev–Trinajstić information content (AvgIpc) is 2.32. The first-order chi connectivity index (χ1) is 8.25. The van der Waals surface area contributed by atoms with E-state index in [0.717, 1.165) is 31.7 Å². The standard InChI is InChI=1S/C12H16F2N2O/c13-12(14)17-11-4-2-1-3-10(11)9-16-7-5-15-6-8-16/h1-4,12,15H,5-9H2. The number of hydrogen-bond donors (Lipinski definition) is 1. The van der Waals surface area contributed by atoms with Crippen molar-refractivity contribution in [2.75, 3.05) is 26.2 Å².